The zero-order valence-electron chi connectivity index (χ0n) is 14.6. The van der Waals surface area contributed by atoms with Crippen LogP contribution in [0.3, 0.4) is 0 Å². The minimum atomic E-state index is -2.38. The maximum absolute atomic E-state index is 11.9. The topological polar surface area (TPSA) is 166 Å². The van der Waals surface area contributed by atoms with Gasteiger partial charge in [0.15, 0.2) is 0 Å². The standard InChI is InChI=1S/C17H23NO9/c1-9(20)18-13-11(21)7-17(16(24)25,26-10-5-3-2-4-6-10)27-15(13)14(23)12(22)8-19/h2-6,11-15,19,21-23H,7-8H2,1H3,(H,18,20)(H,24,25). The van der Waals surface area contributed by atoms with Crippen molar-refractivity contribution >= 4 is 11.9 Å². The van der Waals surface area contributed by atoms with Crippen molar-refractivity contribution in [3.05, 3.63) is 30.3 Å². The van der Waals surface area contributed by atoms with Crippen molar-refractivity contribution < 1.29 is 44.6 Å². The summed E-state index contributed by atoms with van der Waals surface area (Å²) in [5.74, 6) is -4.37. The fourth-order valence-corrected chi connectivity index (χ4v) is 2.91. The molecule has 1 fully saturated rings. The third-order valence-electron chi connectivity index (χ3n) is 4.21. The highest BCUT2D eigenvalue weighted by Gasteiger charge is 2.56. The smallest absolute Gasteiger partial charge is 0.377 e. The zero-order chi connectivity index (χ0) is 20.2. The second kappa shape index (κ2) is 8.63. The van der Waals surface area contributed by atoms with Gasteiger partial charge in [0.05, 0.1) is 25.2 Å². The van der Waals surface area contributed by atoms with Gasteiger partial charge < -0.3 is 40.3 Å². The van der Waals surface area contributed by atoms with Crippen LogP contribution >= 0.6 is 0 Å². The largest absolute Gasteiger partial charge is 0.476 e. The molecule has 6 unspecified atom stereocenters. The van der Waals surface area contributed by atoms with Crippen LogP contribution in [0.25, 0.3) is 0 Å². The Balaban J connectivity index is 2.39. The number of aliphatic carboxylic acids is 1. The molecule has 1 heterocycles. The average molecular weight is 385 g/mol. The van der Waals surface area contributed by atoms with Gasteiger partial charge >= 0.3 is 11.8 Å². The molecule has 0 bridgehead atoms. The number of nitrogens with one attached hydrogen (secondary N) is 1. The monoisotopic (exact) mass is 385 g/mol. The number of carbonyl (C=O) groups is 2. The summed E-state index contributed by atoms with van der Waals surface area (Å²) < 4.78 is 11.0. The number of para-hydroxylation sites is 1. The number of hydrogen-bond donors (Lipinski definition) is 6. The normalized spacial score (nSPS) is 30.2. The maximum Gasteiger partial charge on any atom is 0.377 e. The summed E-state index contributed by atoms with van der Waals surface area (Å²) in [5.41, 5.74) is 0. The van der Waals surface area contributed by atoms with Crippen molar-refractivity contribution in [3.63, 3.8) is 0 Å². The molecule has 1 aliphatic rings. The van der Waals surface area contributed by atoms with Gasteiger partial charge in [-0.1, -0.05) is 18.2 Å². The molecular weight excluding hydrogens is 362 g/mol. The molecule has 10 heteroatoms. The van der Waals surface area contributed by atoms with E-state index >= 15 is 0 Å². The number of ether oxygens (including phenoxy) is 2. The van der Waals surface area contributed by atoms with Gasteiger partial charge in [0, 0.05) is 6.92 Å². The highest BCUT2D eigenvalue weighted by atomic mass is 16.7. The van der Waals surface area contributed by atoms with Crippen LogP contribution < -0.4 is 10.1 Å². The van der Waals surface area contributed by atoms with Crippen LogP contribution in [-0.2, 0) is 14.3 Å². The Morgan fingerprint density at radius 1 is 1.33 bits per heavy atom. The van der Waals surface area contributed by atoms with Crippen molar-refractivity contribution in [3.8, 4) is 5.75 Å². The SMILES string of the molecule is CC(=O)NC1C(O)CC(Oc2ccccc2)(C(=O)O)OC1C(O)C(O)CO. The van der Waals surface area contributed by atoms with Crippen molar-refractivity contribution in [2.45, 2.75) is 49.6 Å². The van der Waals surface area contributed by atoms with Gasteiger partial charge in [-0.05, 0) is 12.1 Å². The molecule has 1 aromatic carbocycles. The molecular formula is C17H23NO9. The first-order chi connectivity index (χ1) is 12.7. The van der Waals surface area contributed by atoms with E-state index in [1.807, 2.05) is 0 Å². The van der Waals surface area contributed by atoms with E-state index in [2.05, 4.69) is 5.32 Å². The van der Waals surface area contributed by atoms with E-state index in [0.29, 0.717) is 0 Å². The Kier molecular flexibility index (Phi) is 6.73. The fraction of sp³-hybridized carbons (Fsp3) is 0.529. The maximum atomic E-state index is 11.9. The highest BCUT2D eigenvalue weighted by molar-refractivity contribution is 5.77. The number of benzene rings is 1. The lowest BCUT2D eigenvalue weighted by molar-refractivity contribution is -0.284. The summed E-state index contributed by atoms with van der Waals surface area (Å²) in [7, 11) is 0. The van der Waals surface area contributed by atoms with Gasteiger partial charge in [0.1, 0.15) is 24.1 Å². The van der Waals surface area contributed by atoms with Gasteiger partial charge in [0.2, 0.25) is 5.91 Å². The van der Waals surface area contributed by atoms with Crippen LogP contribution in [0.1, 0.15) is 13.3 Å². The lowest BCUT2D eigenvalue weighted by Gasteiger charge is -2.46. The molecule has 27 heavy (non-hydrogen) atoms. The van der Waals surface area contributed by atoms with E-state index in [9.17, 15) is 30.0 Å². The van der Waals surface area contributed by atoms with Crippen LogP contribution in [0.15, 0.2) is 30.3 Å². The van der Waals surface area contributed by atoms with Crippen LogP contribution in [-0.4, -0.2) is 80.3 Å². The fourth-order valence-electron chi connectivity index (χ4n) is 2.91. The third-order valence-corrected chi connectivity index (χ3v) is 4.21. The van der Waals surface area contributed by atoms with Gasteiger partial charge in [-0.15, -0.1) is 0 Å². The highest BCUT2D eigenvalue weighted by Crippen LogP contribution is 2.34. The van der Waals surface area contributed by atoms with Gasteiger partial charge in [-0.3, -0.25) is 4.79 Å². The van der Waals surface area contributed by atoms with E-state index in [4.69, 9.17) is 14.6 Å². The first kappa shape index (κ1) is 21.1. The van der Waals surface area contributed by atoms with Crippen molar-refractivity contribution in [2.24, 2.45) is 0 Å². The van der Waals surface area contributed by atoms with E-state index in [-0.39, 0.29) is 5.75 Å². The minimum absolute atomic E-state index is 0.140. The Hall–Kier alpha value is -2.24. The van der Waals surface area contributed by atoms with E-state index in [1.54, 1.807) is 18.2 Å². The molecule has 1 aromatic rings. The molecule has 0 spiro atoms. The third kappa shape index (κ3) is 4.73. The van der Waals surface area contributed by atoms with Gasteiger partial charge in [-0.25, -0.2) is 4.79 Å². The van der Waals surface area contributed by atoms with Crippen LogP contribution in [0.2, 0.25) is 0 Å². The molecule has 150 valence electrons. The minimum Gasteiger partial charge on any atom is -0.476 e. The summed E-state index contributed by atoms with van der Waals surface area (Å²) in [6, 6.07) is 6.62. The van der Waals surface area contributed by atoms with Crippen molar-refractivity contribution in [1.82, 2.24) is 5.32 Å². The first-order valence-corrected chi connectivity index (χ1v) is 8.27. The number of carboxylic acids is 1. The Bertz CT molecular complexity index is 655. The summed E-state index contributed by atoms with van der Waals surface area (Å²) in [6.07, 6.45) is -7.10. The number of amides is 1. The van der Waals surface area contributed by atoms with Gasteiger partial charge in [-0.2, -0.15) is 0 Å². The van der Waals surface area contributed by atoms with E-state index in [1.165, 1.54) is 12.1 Å². The molecule has 0 aromatic heterocycles. The second-order valence-corrected chi connectivity index (χ2v) is 6.29. The molecule has 6 N–H and O–H groups in total. The summed E-state index contributed by atoms with van der Waals surface area (Å²) in [5, 5.41) is 51.6. The predicted octanol–water partition coefficient (Wildman–Crippen LogP) is -1.79. The quantitative estimate of drug-likeness (QED) is 0.318. The summed E-state index contributed by atoms with van der Waals surface area (Å²) >= 11 is 0. The Labute approximate surface area is 155 Å². The van der Waals surface area contributed by atoms with E-state index in [0.717, 1.165) is 6.92 Å². The average Bonchev–Trinajstić information content (AvgIpc) is 2.62. The Morgan fingerprint density at radius 3 is 2.48 bits per heavy atom. The molecule has 10 nitrogen and oxygen atoms in total. The zero-order valence-corrected chi connectivity index (χ0v) is 14.6. The molecule has 2 rings (SSSR count). The predicted molar refractivity (Wildman–Crippen MR) is 89.6 cm³/mol. The second-order valence-electron chi connectivity index (χ2n) is 6.29. The number of aliphatic hydroxyl groups excluding tert-OH is 4. The van der Waals surface area contributed by atoms with E-state index < -0.39 is 61.1 Å². The number of aliphatic hydroxyl groups is 4. The molecule has 0 saturated carbocycles. The summed E-state index contributed by atoms with van der Waals surface area (Å²) in [4.78, 5) is 23.4. The van der Waals surface area contributed by atoms with Crippen molar-refractivity contribution in [2.75, 3.05) is 6.61 Å². The van der Waals surface area contributed by atoms with Crippen LogP contribution in [0.4, 0.5) is 0 Å². The molecule has 0 aliphatic carbocycles. The molecule has 0 radical (unpaired) electrons. The first-order valence-electron chi connectivity index (χ1n) is 8.27. The lowest BCUT2D eigenvalue weighted by atomic mass is 9.88. The van der Waals surface area contributed by atoms with Crippen LogP contribution in [0.5, 0.6) is 5.75 Å². The van der Waals surface area contributed by atoms with Gasteiger partial charge in [0.25, 0.3) is 0 Å². The number of rotatable bonds is 7. The molecule has 1 aliphatic heterocycles. The number of carboxylic acid groups (broad SMARTS) is 1. The van der Waals surface area contributed by atoms with Crippen LogP contribution in [0, 0.1) is 0 Å². The number of hydrogen-bond acceptors (Lipinski definition) is 8. The Morgan fingerprint density at radius 2 is 1.96 bits per heavy atom. The molecule has 1 saturated heterocycles. The lowest BCUT2D eigenvalue weighted by Crippen LogP contribution is -2.68. The summed E-state index contributed by atoms with van der Waals surface area (Å²) in [6.45, 7) is 0.321. The molecule has 6 atom stereocenters. The van der Waals surface area contributed by atoms with Crippen molar-refractivity contribution in [1.29, 1.82) is 0 Å². The number of carbonyl (C=O) groups excluding carboxylic acids is 1. The molecule has 1 amide bonds.